The highest BCUT2D eigenvalue weighted by atomic mass is 32.2. The molecule has 0 amide bonds. The van der Waals surface area contributed by atoms with Gasteiger partial charge in [-0.2, -0.15) is 4.31 Å². The van der Waals surface area contributed by atoms with Crippen LogP contribution in [0.1, 0.15) is 26.1 Å². The second-order valence-corrected chi connectivity index (χ2v) is 7.23. The summed E-state index contributed by atoms with van der Waals surface area (Å²) in [5.41, 5.74) is 0. The zero-order valence-corrected chi connectivity index (χ0v) is 12.9. The second-order valence-electron chi connectivity index (χ2n) is 4.77. The monoisotopic (exact) mass is 288 g/mol. The summed E-state index contributed by atoms with van der Waals surface area (Å²) in [6.07, 6.45) is 4.47. The Morgan fingerprint density at radius 1 is 1.53 bits per heavy atom. The van der Waals surface area contributed by atoms with Crippen LogP contribution in [0.15, 0.2) is 12.4 Å². The molecule has 0 saturated heterocycles. The molecule has 1 rings (SSSR count). The van der Waals surface area contributed by atoms with Crippen LogP contribution in [0.4, 0.5) is 0 Å². The molecule has 1 aromatic heterocycles. The normalized spacial score (nSPS) is 13.9. The molecule has 0 spiro atoms. The summed E-state index contributed by atoms with van der Waals surface area (Å²) in [5, 5.41) is 2.70. The molecule has 110 valence electrons. The maximum absolute atomic E-state index is 12.3. The summed E-state index contributed by atoms with van der Waals surface area (Å²) in [6, 6.07) is 0. The summed E-state index contributed by atoms with van der Waals surface area (Å²) < 4.78 is 27.8. The quantitative estimate of drug-likeness (QED) is 0.710. The molecule has 7 heteroatoms. The van der Waals surface area contributed by atoms with Gasteiger partial charge >= 0.3 is 0 Å². The van der Waals surface area contributed by atoms with Crippen molar-refractivity contribution >= 4 is 10.0 Å². The second kappa shape index (κ2) is 7.02. The minimum Gasteiger partial charge on any atom is -0.337 e. The Labute approximate surface area is 115 Å². The molecular formula is C12H24N4O2S. The number of nitrogens with one attached hydrogen (secondary N) is 1. The van der Waals surface area contributed by atoms with Crippen molar-refractivity contribution in [1.82, 2.24) is 19.2 Å². The molecule has 0 radical (unpaired) electrons. The standard InChI is InChI=1S/C12H24N4O2S/c1-5-6-13-9-11(2)19(17,18)16(4)10-12-14-7-8-15(12)3/h7-8,11,13H,5-6,9-10H2,1-4H3. The lowest BCUT2D eigenvalue weighted by molar-refractivity contribution is 0.440. The minimum atomic E-state index is -3.29. The highest BCUT2D eigenvalue weighted by Gasteiger charge is 2.26. The number of aromatic nitrogens is 2. The van der Waals surface area contributed by atoms with Crippen molar-refractivity contribution in [1.29, 1.82) is 0 Å². The van der Waals surface area contributed by atoms with Crippen molar-refractivity contribution in [2.24, 2.45) is 7.05 Å². The first kappa shape index (κ1) is 16.1. The third-order valence-corrected chi connectivity index (χ3v) is 5.27. The smallest absolute Gasteiger partial charge is 0.218 e. The lowest BCUT2D eigenvalue weighted by Crippen LogP contribution is -2.40. The SMILES string of the molecule is CCCNCC(C)S(=O)(=O)N(C)Cc1nccn1C. The molecule has 0 aliphatic rings. The van der Waals surface area contributed by atoms with E-state index >= 15 is 0 Å². The number of hydrogen-bond acceptors (Lipinski definition) is 4. The molecule has 0 aliphatic carbocycles. The minimum absolute atomic E-state index is 0.296. The van der Waals surface area contributed by atoms with Gasteiger partial charge in [-0.25, -0.2) is 13.4 Å². The molecule has 0 fully saturated rings. The molecular weight excluding hydrogens is 264 g/mol. The molecule has 1 atom stereocenters. The average molecular weight is 288 g/mol. The van der Waals surface area contributed by atoms with Gasteiger partial charge in [0.25, 0.3) is 0 Å². The van der Waals surface area contributed by atoms with Crippen LogP contribution in [0, 0.1) is 0 Å². The van der Waals surface area contributed by atoms with Gasteiger partial charge in [-0.3, -0.25) is 0 Å². The van der Waals surface area contributed by atoms with Gasteiger partial charge in [-0.05, 0) is 19.9 Å². The van der Waals surface area contributed by atoms with Gasteiger partial charge < -0.3 is 9.88 Å². The summed E-state index contributed by atoms with van der Waals surface area (Å²) >= 11 is 0. The number of aryl methyl sites for hydroxylation is 1. The summed E-state index contributed by atoms with van der Waals surface area (Å²) in [7, 11) is 0.159. The third kappa shape index (κ3) is 4.29. The fraction of sp³-hybridized carbons (Fsp3) is 0.750. The largest absolute Gasteiger partial charge is 0.337 e. The van der Waals surface area contributed by atoms with E-state index in [2.05, 4.69) is 17.2 Å². The zero-order valence-electron chi connectivity index (χ0n) is 12.1. The number of nitrogens with zero attached hydrogens (tertiary/aromatic N) is 3. The van der Waals surface area contributed by atoms with Crippen LogP contribution < -0.4 is 5.32 Å². The third-order valence-electron chi connectivity index (χ3n) is 3.09. The van der Waals surface area contributed by atoms with Gasteiger partial charge in [0.15, 0.2) is 0 Å². The first-order valence-corrected chi connectivity index (χ1v) is 8.02. The van der Waals surface area contributed by atoms with Crippen molar-refractivity contribution in [3.63, 3.8) is 0 Å². The number of imidazole rings is 1. The molecule has 1 heterocycles. The van der Waals surface area contributed by atoms with Gasteiger partial charge in [-0.1, -0.05) is 6.92 Å². The lowest BCUT2D eigenvalue weighted by atomic mass is 10.4. The maximum Gasteiger partial charge on any atom is 0.218 e. The molecule has 6 nitrogen and oxygen atoms in total. The molecule has 0 aliphatic heterocycles. The Bertz CT molecular complexity index is 484. The van der Waals surface area contributed by atoms with Crippen LogP contribution in [0.25, 0.3) is 0 Å². The van der Waals surface area contributed by atoms with Crippen molar-refractivity contribution in [2.45, 2.75) is 32.1 Å². The van der Waals surface area contributed by atoms with Gasteiger partial charge in [-0.15, -0.1) is 0 Å². The van der Waals surface area contributed by atoms with Gasteiger partial charge in [0.2, 0.25) is 10.0 Å². The van der Waals surface area contributed by atoms with E-state index in [1.807, 2.05) is 17.8 Å². The Morgan fingerprint density at radius 2 is 2.21 bits per heavy atom. The van der Waals surface area contributed by atoms with Crippen LogP contribution in [0.5, 0.6) is 0 Å². The van der Waals surface area contributed by atoms with Crippen LogP contribution in [0.3, 0.4) is 0 Å². The Hall–Kier alpha value is -0.920. The van der Waals surface area contributed by atoms with E-state index in [-0.39, 0.29) is 0 Å². The Kier molecular flexibility index (Phi) is 5.96. The van der Waals surface area contributed by atoms with Gasteiger partial charge in [0.05, 0.1) is 11.8 Å². The first-order chi connectivity index (χ1) is 8.89. The first-order valence-electron chi connectivity index (χ1n) is 6.51. The van der Waals surface area contributed by atoms with Crippen molar-refractivity contribution in [3.05, 3.63) is 18.2 Å². The van der Waals surface area contributed by atoms with Crippen LogP contribution >= 0.6 is 0 Å². The summed E-state index contributed by atoms with van der Waals surface area (Å²) in [5.74, 6) is 0.736. The van der Waals surface area contributed by atoms with Crippen molar-refractivity contribution in [3.8, 4) is 0 Å². The number of sulfonamides is 1. The average Bonchev–Trinajstić information content (AvgIpc) is 2.75. The molecule has 1 aromatic rings. The number of hydrogen-bond donors (Lipinski definition) is 1. The summed E-state index contributed by atoms with van der Waals surface area (Å²) in [6.45, 7) is 5.39. The Balaban J connectivity index is 2.63. The van der Waals surface area contributed by atoms with E-state index in [9.17, 15) is 8.42 Å². The fourth-order valence-electron chi connectivity index (χ4n) is 1.73. The van der Waals surface area contributed by atoms with Gasteiger partial charge in [0, 0.05) is 33.0 Å². The van der Waals surface area contributed by atoms with Gasteiger partial charge in [0.1, 0.15) is 5.82 Å². The van der Waals surface area contributed by atoms with E-state index in [0.29, 0.717) is 13.1 Å². The van der Waals surface area contributed by atoms with Crippen LogP contribution in [-0.4, -0.2) is 47.7 Å². The predicted molar refractivity (Wildman–Crippen MR) is 76.2 cm³/mol. The van der Waals surface area contributed by atoms with Crippen LogP contribution in [-0.2, 0) is 23.6 Å². The maximum atomic E-state index is 12.3. The molecule has 0 aromatic carbocycles. The van der Waals surface area contributed by atoms with E-state index in [1.165, 1.54) is 4.31 Å². The number of rotatable bonds is 8. The van der Waals surface area contributed by atoms with E-state index in [1.54, 1.807) is 20.2 Å². The Morgan fingerprint density at radius 3 is 2.74 bits per heavy atom. The van der Waals surface area contributed by atoms with Crippen molar-refractivity contribution in [2.75, 3.05) is 20.1 Å². The predicted octanol–water partition coefficient (Wildman–Crippen LogP) is 0.570. The highest BCUT2D eigenvalue weighted by molar-refractivity contribution is 7.89. The molecule has 1 unspecified atom stereocenters. The topological polar surface area (TPSA) is 67.2 Å². The van der Waals surface area contributed by atoms with E-state index in [0.717, 1.165) is 18.8 Å². The zero-order chi connectivity index (χ0) is 14.5. The van der Waals surface area contributed by atoms with Crippen molar-refractivity contribution < 1.29 is 8.42 Å². The van der Waals surface area contributed by atoms with E-state index in [4.69, 9.17) is 0 Å². The fourth-order valence-corrected chi connectivity index (χ4v) is 2.97. The molecule has 0 saturated carbocycles. The molecule has 19 heavy (non-hydrogen) atoms. The molecule has 1 N–H and O–H groups in total. The van der Waals surface area contributed by atoms with Crippen LogP contribution in [0.2, 0.25) is 0 Å². The summed E-state index contributed by atoms with van der Waals surface area (Å²) in [4.78, 5) is 4.15. The van der Waals surface area contributed by atoms with E-state index < -0.39 is 15.3 Å². The lowest BCUT2D eigenvalue weighted by Gasteiger charge is -2.22. The molecule has 0 bridgehead atoms. The highest BCUT2D eigenvalue weighted by Crippen LogP contribution is 2.10.